The smallest absolute Gasteiger partial charge is 0.484 e. The van der Waals surface area contributed by atoms with Crippen molar-refractivity contribution in [3.05, 3.63) is 53.1 Å². The van der Waals surface area contributed by atoms with Crippen molar-refractivity contribution in [3.8, 4) is 11.5 Å². The van der Waals surface area contributed by atoms with Crippen LogP contribution in [0, 0.1) is 0 Å². The first-order chi connectivity index (χ1) is 12.6. The van der Waals surface area contributed by atoms with Crippen molar-refractivity contribution < 1.29 is 32.2 Å². The summed E-state index contributed by atoms with van der Waals surface area (Å²) in [4.78, 5) is 21.8. The quantitative estimate of drug-likeness (QED) is 0.740. The molecule has 0 fully saturated rings. The van der Waals surface area contributed by atoms with Gasteiger partial charge in [0.05, 0.1) is 5.92 Å². The van der Waals surface area contributed by atoms with E-state index in [-0.39, 0.29) is 23.2 Å². The lowest BCUT2D eigenvalue weighted by Gasteiger charge is -2.11. The first-order valence-electron chi connectivity index (χ1n) is 7.83. The number of ketones is 1. The number of carbonyl (C=O) groups is 2. The van der Waals surface area contributed by atoms with E-state index in [0.717, 1.165) is 6.07 Å². The molecule has 0 saturated heterocycles. The predicted molar refractivity (Wildman–Crippen MR) is 89.3 cm³/mol. The number of anilines is 1. The van der Waals surface area contributed by atoms with Crippen LogP contribution in [0.3, 0.4) is 0 Å². The maximum absolute atomic E-state index is 12.6. The zero-order valence-electron chi connectivity index (χ0n) is 14.0. The molecule has 6 nitrogen and oxygen atoms in total. The van der Waals surface area contributed by atoms with E-state index in [2.05, 4.69) is 10.5 Å². The molecular weight excluding hydrogens is 365 g/mol. The lowest BCUT2D eigenvalue weighted by molar-refractivity contribution is -0.274. The summed E-state index contributed by atoms with van der Waals surface area (Å²) in [6, 6.07) is 8.86. The molecule has 1 amide bonds. The minimum Gasteiger partial charge on any atom is -0.484 e. The first kappa shape index (κ1) is 18.6. The number of alkyl halides is 3. The van der Waals surface area contributed by atoms with Gasteiger partial charge in [-0.1, -0.05) is 18.2 Å². The number of ether oxygens (including phenoxy) is 2. The number of nitrogen functional groups attached to an aromatic ring is 1. The molecule has 2 unspecified atom stereocenters. The van der Waals surface area contributed by atoms with Crippen LogP contribution in [-0.2, 0) is 4.79 Å². The fraction of sp³-hybridized carbons (Fsp3) is 0.222. The highest BCUT2D eigenvalue weighted by atomic mass is 19.4. The SMILES string of the molecule is CC(N)=O.Nc1cccc2c1C(=O)C1c3ccc(OC(F)(F)F)cc3OC21. The molecule has 2 atom stereocenters. The topological polar surface area (TPSA) is 105 Å². The third-order valence-corrected chi connectivity index (χ3v) is 4.07. The van der Waals surface area contributed by atoms with Gasteiger partial charge in [-0.05, 0) is 12.1 Å². The molecule has 0 saturated carbocycles. The van der Waals surface area contributed by atoms with Crippen molar-refractivity contribution in [1.82, 2.24) is 0 Å². The number of primary amides is 1. The fourth-order valence-electron chi connectivity index (χ4n) is 3.23. The number of benzene rings is 2. The summed E-state index contributed by atoms with van der Waals surface area (Å²) in [5.41, 5.74) is 12.4. The molecule has 0 radical (unpaired) electrons. The molecule has 9 heteroatoms. The Morgan fingerprint density at radius 1 is 1.19 bits per heavy atom. The number of hydrogen-bond donors (Lipinski definition) is 2. The second-order valence-corrected chi connectivity index (χ2v) is 6.05. The number of fused-ring (bicyclic) bond motifs is 5. The molecular formula is C18H15F3N2O4. The van der Waals surface area contributed by atoms with Crippen LogP contribution < -0.4 is 20.9 Å². The van der Waals surface area contributed by atoms with Gasteiger partial charge in [-0.15, -0.1) is 13.2 Å². The summed E-state index contributed by atoms with van der Waals surface area (Å²) in [6.07, 6.45) is -5.34. The van der Waals surface area contributed by atoms with Crippen molar-refractivity contribution in [2.24, 2.45) is 5.73 Å². The van der Waals surface area contributed by atoms with E-state index >= 15 is 0 Å². The molecule has 27 heavy (non-hydrogen) atoms. The van der Waals surface area contributed by atoms with Gasteiger partial charge in [0.15, 0.2) is 5.78 Å². The van der Waals surface area contributed by atoms with Gasteiger partial charge in [0, 0.05) is 35.4 Å². The van der Waals surface area contributed by atoms with E-state index in [9.17, 15) is 22.8 Å². The maximum atomic E-state index is 12.6. The second-order valence-electron chi connectivity index (χ2n) is 6.05. The number of Topliss-reactive ketones (excluding diaryl/α,β-unsaturated/α-hetero) is 1. The Hall–Kier alpha value is -3.23. The van der Waals surface area contributed by atoms with Crippen LogP contribution in [0.2, 0.25) is 0 Å². The van der Waals surface area contributed by atoms with Gasteiger partial charge in [0.2, 0.25) is 5.91 Å². The summed E-state index contributed by atoms with van der Waals surface area (Å²) >= 11 is 0. The summed E-state index contributed by atoms with van der Waals surface area (Å²) in [5, 5.41) is 0. The third-order valence-electron chi connectivity index (χ3n) is 4.07. The van der Waals surface area contributed by atoms with Gasteiger partial charge in [-0.2, -0.15) is 0 Å². The van der Waals surface area contributed by atoms with E-state index in [1.54, 1.807) is 18.2 Å². The van der Waals surface area contributed by atoms with E-state index < -0.39 is 18.4 Å². The van der Waals surface area contributed by atoms with Crippen molar-refractivity contribution in [1.29, 1.82) is 0 Å². The Morgan fingerprint density at radius 3 is 2.48 bits per heavy atom. The summed E-state index contributed by atoms with van der Waals surface area (Å²) in [6.45, 7) is 1.31. The van der Waals surface area contributed by atoms with E-state index in [1.807, 2.05) is 0 Å². The van der Waals surface area contributed by atoms with E-state index in [0.29, 0.717) is 22.4 Å². The Balaban J connectivity index is 0.000000481. The fourth-order valence-corrected chi connectivity index (χ4v) is 3.23. The molecule has 142 valence electrons. The molecule has 1 heterocycles. The summed E-state index contributed by atoms with van der Waals surface area (Å²) < 4.78 is 46.5. The van der Waals surface area contributed by atoms with Crippen LogP contribution in [0.25, 0.3) is 0 Å². The van der Waals surface area contributed by atoms with Crippen LogP contribution >= 0.6 is 0 Å². The largest absolute Gasteiger partial charge is 0.573 e. The Bertz CT molecular complexity index is 923. The molecule has 0 spiro atoms. The summed E-state index contributed by atoms with van der Waals surface area (Å²) in [5.74, 6) is -1.24. The average molecular weight is 380 g/mol. The van der Waals surface area contributed by atoms with Crippen molar-refractivity contribution in [2.45, 2.75) is 25.3 Å². The first-order valence-corrected chi connectivity index (χ1v) is 7.83. The Labute approximate surface area is 151 Å². The standard InChI is InChI=1S/C16H10F3NO3.C2H5NO/c17-16(18,19)23-7-4-5-8-11(6-7)22-15-9-2-1-3-10(20)12(9)14(21)13(8)15;1-2(3)4/h1-6,13,15H,20H2;1H3,(H2,3,4). The minimum absolute atomic E-state index is 0.175. The highest BCUT2D eigenvalue weighted by Crippen LogP contribution is 2.54. The van der Waals surface area contributed by atoms with Gasteiger partial charge < -0.3 is 20.9 Å². The average Bonchev–Trinajstić information content (AvgIpc) is 3.02. The lowest BCUT2D eigenvalue weighted by atomic mass is 9.95. The number of amides is 1. The van der Waals surface area contributed by atoms with Crippen LogP contribution in [0.4, 0.5) is 18.9 Å². The predicted octanol–water partition coefficient (Wildman–Crippen LogP) is 3.07. The molecule has 4 N–H and O–H groups in total. The minimum atomic E-state index is -4.78. The van der Waals surface area contributed by atoms with Gasteiger partial charge in [0.1, 0.15) is 17.6 Å². The monoisotopic (exact) mass is 380 g/mol. The zero-order valence-corrected chi connectivity index (χ0v) is 14.0. The molecule has 0 aromatic heterocycles. The van der Waals surface area contributed by atoms with Crippen molar-refractivity contribution in [3.63, 3.8) is 0 Å². The highest BCUT2D eigenvalue weighted by molar-refractivity contribution is 6.10. The normalized spacial score (nSPS) is 19.2. The summed E-state index contributed by atoms with van der Waals surface area (Å²) in [7, 11) is 0. The molecule has 1 aliphatic heterocycles. The molecule has 0 bridgehead atoms. The number of halogens is 3. The Morgan fingerprint density at radius 2 is 1.85 bits per heavy atom. The second kappa shape index (κ2) is 6.49. The van der Waals surface area contributed by atoms with Gasteiger partial charge >= 0.3 is 6.36 Å². The highest BCUT2D eigenvalue weighted by Gasteiger charge is 2.48. The van der Waals surface area contributed by atoms with Crippen LogP contribution in [0.5, 0.6) is 11.5 Å². The molecule has 2 aliphatic rings. The van der Waals surface area contributed by atoms with Crippen molar-refractivity contribution in [2.75, 3.05) is 5.73 Å². The van der Waals surface area contributed by atoms with Gasteiger partial charge in [-0.3, -0.25) is 9.59 Å². The molecule has 2 aromatic rings. The van der Waals surface area contributed by atoms with E-state index in [4.69, 9.17) is 10.5 Å². The van der Waals surface area contributed by atoms with Crippen LogP contribution in [0.1, 0.15) is 40.4 Å². The van der Waals surface area contributed by atoms with Crippen LogP contribution in [-0.4, -0.2) is 18.1 Å². The zero-order chi connectivity index (χ0) is 19.9. The number of rotatable bonds is 1. The lowest BCUT2D eigenvalue weighted by Crippen LogP contribution is -2.17. The molecule has 2 aromatic carbocycles. The van der Waals surface area contributed by atoms with Gasteiger partial charge in [0.25, 0.3) is 0 Å². The van der Waals surface area contributed by atoms with Crippen molar-refractivity contribution >= 4 is 17.4 Å². The van der Waals surface area contributed by atoms with Gasteiger partial charge in [-0.25, -0.2) is 0 Å². The van der Waals surface area contributed by atoms with Crippen LogP contribution in [0.15, 0.2) is 36.4 Å². The maximum Gasteiger partial charge on any atom is 0.573 e. The molecule has 4 rings (SSSR count). The number of hydrogen-bond acceptors (Lipinski definition) is 5. The number of carbonyl (C=O) groups excluding carboxylic acids is 2. The third kappa shape index (κ3) is 3.53. The van der Waals surface area contributed by atoms with E-state index in [1.165, 1.54) is 19.1 Å². The Kier molecular flexibility index (Phi) is 4.46. The molecule has 1 aliphatic carbocycles. The number of nitrogens with two attached hydrogens (primary N) is 2.